The average Bonchev–Trinajstić information content (AvgIpc) is 1.64. The van der Waals surface area contributed by atoms with E-state index in [-0.39, 0.29) is 0 Å². The van der Waals surface area contributed by atoms with Gasteiger partial charge in [0.15, 0.2) is 0 Å². The molecule has 0 heterocycles. The highest BCUT2D eigenvalue weighted by molar-refractivity contribution is 4.76. The highest BCUT2D eigenvalue weighted by Gasteiger charge is 2.23. The van der Waals surface area contributed by atoms with Gasteiger partial charge in [0, 0.05) is 6.54 Å². The van der Waals surface area contributed by atoms with Crippen LogP contribution in [0.1, 0.15) is 19.8 Å². The Balaban J connectivity index is 1.98. The van der Waals surface area contributed by atoms with Crippen molar-refractivity contribution in [1.82, 2.24) is 5.43 Å². The topological polar surface area (TPSA) is 38.0 Å². The number of hydrazine groups is 1. The van der Waals surface area contributed by atoms with E-state index in [0.29, 0.717) is 0 Å². The van der Waals surface area contributed by atoms with Crippen LogP contribution in [0, 0.1) is 11.8 Å². The van der Waals surface area contributed by atoms with Gasteiger partial charge >= 0.3 is 0 Å². The molecule has 0 aromatic carbocycles. The van der Waals surface area contributed by atoms with E-state index in [2.05, 4.69) is 12.3 Å². The van der Waals surface area contributed by atoms with Crippen LogP contribution in [0.5, 0.6) is 0 Å². The molecule has 0 radical (unpaired) electrons. The maximum absolute atomic E-state index is 5.13. The standard InChI is InChI=1S/C6H14N2/c1-5-2-6(3-5)4-8-7/h5-6,8H,2-4,7H2,1H3. The Morgan fingerprint density at radius 2 is 2.25 bits per heavy atom. The third-order valence-corrected chi connectivity index (χ3v) is 1.88. The minimum Gasteiger partial charge on any atom is -0.271 e. The molecule has 1 rings (SSSR count). The molecule has 1 aliphatic rings. The number of hydrogen-bond donors (Lipinski definition) is 2. The summed E-state index contributed by atoms with van der Waals surface area (Å²) >= 11 is 0. The molecule has 0 saturated heterocycles. The lowest BCUT2D eigenvalue weighted by atomic mass is 9.76. The zero-order valence-electron chi connectivity index (χ0n) is 5.35. The van der Waals surface area contributed by atoms with Gasteiger partial charge in [-0.3, -0.25) is 11.3 Å². The second-order valence-electron chi connectivity index (χ2n) is 2.85. The van der Waals surface area contributed by atoms with Crippen LogP contribution in [0.4, 0.5) is 0 Å². The first kappa shape index (κ1) is 6.05. The van der Waals surface area contributed by atoms with Crippen LogP contribution in [-0.4, -0.2) is 6.54 Å². The first-order valence-electron chi connectivity index (χ1n) is 3.26. The van der Waals surface area contributed by atoms with Crippen LogP contribution in [-0.2, 0) is 0 Å². The van der Waals surface area contributed by atoms with Gasteiger partial charge in [-0.2, -0.15) is 0 Å². The highest BCUT2D eigenvalue weighted by atomic mass is 15.2. The third kappa shape index (κ3) is 1.20. The molecular weight excluding hydrogens is 100 g/mol. The number of rotatable bonds is 2. The monoisotopic (exact) mass is 114 g/mol. The van der Waals surface area contributed by atoms with Crippen LogP contribution in [0.25, 0.3) is 0 Å². The Morgan fingerprint density at radius 3 is 2.62 bits per heavy atom. The van der Waals surface area contributed by atoms with Gasteiger partial charge in [0.2, 0.25) is 0 Å². The number of nitrogens with two attached hydrogens (primary N) is 1. The Labute approximate surface area is 50.4 Å². The van der Waals surface area contributed by atoms with E-state index >= 15 is 0 Å². The molecule has 1 saturated carbocycles. The molecule has 0 bridgehead atoms. The van der Waals surface area contributed by atoms with E-state index in [0.717, 1.165) is 18.4 Å². The molecular formula is C6H14N2. The summed E-state index contributed by atoms with van der Waals surface area (Å²) in [7, 11) is 0. The van der Waals surface area contributed by atoms with Gasteiger partial charge in [0.25, 0.3) is 0 Å². The predicted molar refractivity (Wildman–Crippen MR) is 34.1 cm³/mol. The Bertz CT molecular complexity index is 64.2. The summed E-state index contributed by atoms with van der Waals surface area (Å²) in [6.45, 7) is 3.29. The Hall–Kier alpha value is -0.0800. The van der Waals surface area contributed by atoms with Gasteiger partial charge in [-0.25, -0.2) is 0 Å². The summed E-state index contributed by atoms with van der Waals surface area (Å²) in [6, 6.07) is 0. The van der Waals surface area contributed by atoms with Crippen molar-refractivity contribution in [3.63, 3.8) is 0 Å². The van der Waals surface area contributed by atoms with Crippen LogP contribution < -0.4 is 11.3 Å². The molecule has 0 aliphatic heterocycles. The molecule has 0 aromatic rings. The van der Waals surface area contributed by atoms with Crippen molar-refractivity contribution in [3.05, 3.63) is 0 Å². The first-order valence-corrected chi connectivity index (χ1v) is 3.26. The van der Waals surface area contributed by atoms with Crippen molar-refractivity contribution in [2.24, 2.45) is 17.7 Å². The van der Waals surface area contributed by atoms with Gasteiger partial charge in [-0.15, -0.1) is 0 Å². The van der Waals surface area contributed by atoms with Crippen molar-refractivity contribution in [2.75, 3.05) is 6.54 Å². The van der Waals surface area contributed by atoms with E-state index in [4.69, 9.17) is 5.84 Å². The fourth-order valence-corrected chi connectivity index (χ4v) is 1.40. The molecule has 48 valence electrons. The largest absolute Gasteiger partial charge is 0.271 e. The van der Waals surface area contributed by atoms with Crippen LogP contribution in [0.2, 0.25) is 0 Å². The highest BCUT2D eigenvalue weighted by Crippen LogP contribution is 2.31. The lowest BCUT2D eigenvalue weighted by Gasteiger charge is -2.32. The van der Waals surface area contributed by atoms with Gasteiger partial charge < -0.3 is 0 Å². The molecule has 0 spiro atoms. The van der Waals surface area contributed by atoms with E-state index in [1.54, 1.807) is 0 Å². The summed E-state index contributed by atoms with van der Waals surface area (Å²) in [6.07, 6.45) is 2.73. The molecule has 0 unspecified atom stereocenters. The van der Waals surface area contributed by atoms with Gasteiger partial charge in [-0.05, 0) is 24.7 Å². The molecule has 2 nitrogen and oxygen atoms in total. The first-order chi connectivity index (χ1) is 3.83. The lowest BCUT2D eigenvalue weighted by Crippen LogP contribution is -2.35. The SMILES string of the molecule is CC1CC(CNN)C1. The zero-order valence-corrected chi connectivity index (χ0v) is 5.35. The normalized spacial score (nSPS) is 36.8. The molecule has 1 fully saturated rings. The number of hydrogen-bond acceptors (Lipinski definition) is 2. The second-order valence-corrected chi connectivity index (χ2v) is 2.85. The minimum atomic E-state index is 0.870. The average molecular weight is 114 g/mol. The summed E-state index contributed by atoms with van der Waals surface area (Å²) in [4.78, 5) is 0. The molecule has 0 atom stereocenters. The van der Waals surface area contributed by atoms with Crippen molar-refractivity contribution in [3.8, 4) is 0 Å². The van der Waals surface area contributed by atoms with E-state index in [1.165, 1.54) is 12.8 Å². The van der Waals surface area contributed by atoms with E-state index in [9.17, 15) is 0 Å². The van der Waals surface area contributed by atoms with Gasteiger partial charge in [0.05, 0.1) is 0 Å². The fourth-order valence-electron chi connectivity index (χ4n) is 1.40. The molecule has 0 amide bonds. The third-order valence-electron chi connectivity index (χ3n) is 1.88. The molecule has 1 aliphatic carbocycles. The smallest absolute Gasteiger partial charge is 0.0126 e. The summed E-state index contributed by atoms with van der Waals surface area (Å²) in [5, 5.41) is 0. The van der Waals surface area contributed by atoms with E-state index < -0.39 is 0 Å². The zero-order chi connectivity index (χ0) is 5.98. The van der Waals surface area contributed by atoms with Crippen molar-refractivity contribution in [1.29, 1.82) is 0 Å². The van der Waals surface area contributed by atoms with Crippen LogP contribution in [0.15, 0.2) is 0 Å². The van der Waals surface area contributed by atoms with Crippen molar-refractivity contribution < 1.29 is 0 Å². The van der Waals surface area contributed by atoms with E-state index in [1.807, 2.05) is 0 Å². The lowest BCUT2D eigenvalue weighted by molar-refractivity contribution is 0.207. The van der Waals surface area contributed by atoms with Crippen molar-refractivity contribution in [2.45, 2.75) is 19.8 Å². The Kier molecular flexibility index (Phi) is 1.86. The predicted octanol–water partition coefficient (Wildman–Crippen LogP) is 0.496. The van der Waals surface area contributed by atoms with Crippen LogP contribution >= 0.6 is 0 Å². The Morgan fingerprint density at radius 1 is 1.62 bits per heavy atom. The molecule has 8 heavy (non-hydrogen) atoms. The molecule has 2 heteroatoms. The molecule has 0 aromatic heterocycles. The minimum absolute atomic E-state index is 0.870. The summed E-state index contributed by atoms with van der Waals surface area (Å²) in [5.74, 6) is 6.96. The number of nitrogens with one attached hydrogen (secondary N) is 1. The molecule has 3 N–H and O–H groups in total. The fraction of sp³-hybridized carbons (Fsp3) is 1.00. The quantitative estimate of drug-likeness (QED) is 0.405. The van der Waals surface area contributed by atoms with Crippen LogP contribution in [0.3, 0.4) is 0 Å². The second kappa shape index (κ2) is 2.46. The maximum atomic E-state index is 5.13. The summed E-state index contributed by atoms with van der Waals surface area (Å²) < 4.78 is 0. The maximum Gasteiger partial charge on any atom is 0.0126 e. The van der Waals surface area contributed by atoms with Gasteiger partial charge in [-0.1, -0.05) is 6.92 Å². The summed E-state index contributed by atoms with van der Waals surface area (Å²) in [5.41, 5.74) is 2.69. The van der Waals surface area contributed by atoms with Gasteiger partial charge in [0.1, 0.15) is 0 Å². The van der Waals surface area contributed by atoms with Crippen molar-refractivity contribution >= 4 is 0 Å².